The summed E-state index contributed by atoms with van der Waals surface area (Å²) in [7, 11) is 0. The Kier molecular flexibility index (Phi) is 8.09. The lowest BCUT2D eigenvalue weighted by Crippen LogP contribution is -2.15. The fourth-order valence-corrected chi connectivity index (χ4v) is 5.01. The second-order valence-electron chi connectivity index (χ2n) is 9.45. The van der Waals surface area contributed by atoms with Crippen LogP contribution in [0, 0.1) is 40.9 Å². The van der Waals surface area contributed by atoms with Gasteiger partial charge in [0.15, 0.2) is 29.0 Å². The molecule has 0 aliphatic heterocycles. The van der Waals surface area contributed by atoms with Gasteiger partial charge in [-0.25, -0.2) is 17.6 Å². The predicted octanol–water partition coefficient (Wildman–Crippen LogP) is 9.38. The van der Waals surface area contributed by atoms with E-state index in [9.17, 15) is 22.0 Å². The zero-order valence-corrected chi connectivity index (χ0v) is 19.7. The van der Waals surface area contributed by atoms with Gasteiger partial charge in [0, 0.05) is 17.7 Å². The average molecular weight is 489 g/mol. The van der Waals surface area contributed by atoms with Crippen molar-refractivity contribution < 1.29 is 26.7 Å². The van der Waals surface area contributed by atoms with Crippen molar-refractivity contribution in [2.45, 2.75) is 58.3 Å². The van der Waals surface area contributed by atoms with Gasteiger partial charge in [-0.1, -0.05) is 69.7 Å². The average Bonchev–Trinajstić information content (AvgIpc) is 2.86. The molecule has 1 saturated carbocycles. The van der Waals surface area contributed by atoms with E-state index >= 15 is 0 Å². The van der Waals surface area contributed by atoms with Crippen LogP contribution in [-0.2, 0) is 6.42 Å². The van der Waals surface area contributed by atoms with Crippen LogP contribution in [0.3, 0.4) is 0 Å². The Morgan fingerprint density at radius 3 is 1.91 bits per heavy atom. The van der Waals surface area contributed by atoms with E-state index in [4.69, 9.17) is 4.74 Å². The van der Waals surface area contributed by atoms with Crippen molar-refractivity contribution in [2.24, 2.45) is 11.8 Å². The molecule has 0 saturated heterocycles. The van der Waals surface area contributed by atoms with Gasteiger partial charge in [-0.05, 0) is 47.9 Å². The molecule has 0 radical (unpaired) electrons. The Balaban J connectivity index is 1.48. The monoisotopic (exact) mass is 488 g/mol. The molecule has 0 atom stereocenters. The van der Waals surface area contributed by atoms with Gasteiger partial charge in [-0.15, -0.1) is 0 Å². The second kappa shape index (κ2) is 11.2. The van der Waals surface area contributed by atoms with Crippen molar-refractivity contribution in [3.8, 4) is 22.6 Å². The maximum Gasteiger partial charge on any atom is 0.201 e. The van der Waals surface area contributed by atoms with E-state index in [1.54, 1.807) is 12.1 Å². The molecular formula is C29H29F5O. The lowest BCUT2D eigenvalue weighted by atomic mass is 9.78. The zero-order valence-electron chi connectivity index (χ0n) is 19.7. The third kappa shape index (κ3) is 6.03. The molecule has 0 N–H and O–H groups in total. The van der Waals surface area contributed by atoms with Crippen molar-refractivity contribution in [1.29, 1.82) is 0 Å². The quantitative estimate of drug-likeness (QED) is 0.227. The minimum absolute atomic E-state index is 0.217. The number of rotatable bonds is 8. The van der Waals surface area contributed by atoms with E-state index in [1.165, 1.54) is 44.6 Å². The molecular weight excluding hydrogens is 459 g/mol. The van der Waals surface area contributed by atoms with E-state index in [0.29, 0.717) is 17.7 Å². The molecule has 0 heterocycles. The molecule has 35 heavy (non-hydrogen) atoms. The Bertz CT molecular complexity index is 1130. The molecule has 4 rings (SSSR count). The Morgan fingerprint density at radius 1 is 0.714 bits per heavy atom. The molecule has 0 aromatic heterocycles. The molecule has 1 aliphatic carbocycles. The summed E-state index contributed by atoms with van der Waals surface area (Å²) < 4.78 is 74.3. The molecule has 1 fully saturated rings. The van der Waals surface area contributed by atoms with Crippen LogP contribution in [0.15, 0.2) is 48.5 Å². The van der Waals surface area contributed by atoms with Gasteiger partial charge in [-0.2, -0.15) is 4.39 Å². The van der Waals surface area contributed by atoms with E-state index in [2.05, 4.69) is 6.92 Å². The number of hydrogen-bond acceptors (Lipinski definition) is 1. The van der Waals surface area contributed by atoms with Crippen molar-refractivity contribution in [2.75, 3.05) is 0 Å². The largest absolute Gasteiger partial charge is 0.453 e. The fourth-order valence-electron chi connectivity index (χ4n) is 5.01. The topological polar surface area (TPSA) is 9.23 Å². The van der Waals surface area contributed by atoms with E-state index in [0.717, 1.165) is 36.3 Å². The molecule has 1 nitrogen and oxygen atoms in total. The van der Waals surface area contributed by atoms with Gasteiger partial charge in [-0.3, -0.25) is 0 Å². The third-order valence-electron chi connectivity index (χ3n) is 7.00. The number of hydrogen-bond donors (Lipinski definition) is 0. The Morgan fingerprint density at radius 2 is 1.31 bits per heavy atom. The highest BCUT2D eigenvalue weighted by Crippen LogP contribution is 2.38. The van der Waals surface area contributed by atoms with E-state index in [-0.39, 0.29) is 5.56 Å². The van der Waals surface area contributed by atoms with Gasteiger partial charge in [0.1, 0.15) is 5.75 Å². The van der Waals surface area contributed by atoms with Crippen LogP contribution in [0.1, 0.15) is 57.4 Å². The molecule has 0 unspecified atom stereocenters. The summed E-state index contributed by atoms with van der Waals surface area (Å²) in [6, 6.07) is 11.0. The van der Waals surface area contributed by atoms with Gasteiger partial charge in [0.25, 0.3) is 0 Å². The first-order valence-electron chi connectivity index (χ1n) is 12.3. The zero-order chi connectivity index (χ0) is 24.9. The number of halogens is 5. The van der Waals surface area contributed by atoms with Crippen LogP contribution < -0.4 is 4.74 Å². The maximum absolute atomic E-state index is 14.6. The molecule has 0 spiro atoms. The molecule has 3 aromatic rings. The summed E-state index contributed by atoms with van der Waals surface area (Å²) in [5.41, 5.74) is 1.93. The molecule has 0 bridgehead atoms. The van der Waals surface area contributed by atoms with Crippen LogP contribution >= 0.6 is 0 Å². The van der Waals surface area contributed by atoms with Crippen molar-refractivity contribution in [1.82, 2.24) is 0 Å². The van der Waals surface area contributed by atoms with Crippen molar-refractivity contribution in [3.05, 3.63) is 83.2 Å². The van der Waals surface area contributed by atoms with Gasteiger partial charge < -0.3 is 4.74 Å². The summed E-state index contributed by atoms with van der Waals surface area (Å²) in [5.74, 6) is -6.47. The number of aryl methyl sites for hydroxylation is 1. The Hall–Kier alpha value is -2.89. The highest BCUT2D eigenvalue weighted by atomic mass is 19.2. The predicted molar refractivity (Wildman–Crippen MR) is 127 cm³/mol. The number of benzene rings is 3. The van der Waals surface area contributed by atoms with Gasteiger partial charge >= 0.3 is 0 Å². The lowest BCUT2D eigenvalue weighted by molar-refractivity contribution is 0.252. The van der Waals surface area contributed by atoms with Gasteiger partial charge in [0.05, 0.1) is 0 Å². The summed E-state index contributed by atoms with van der Waals surface area (Å²) in [6.45, 7) is 2.24. The first-order chi connectivity index (χ1) is 16.9. The highest BCUT2D eigenvalue weighted by Gasteiger charge is 2.21. The molecule has 3 aromatic carbocycles. The van der Waals surface area contributed by atoms with E-state index in [1.807, 2.05) is 12.1 Å². The molecule has 6 heteroatoms. The van der Waals surface area contributed by atoms with Crippen molar-refractivity contribution in [3.63, 3.8) is 0 Å². The van der Waals surface area contributed by atoms with E-state index < -0.39 is 40.6 Å². The minimum Gasteiger partial charge on any atom is -0.453 e. The van der Waals surface area contributed by atoms with Crippen LogP contribution in [0.5, 0.6) is 11.5 Å². The first kappa shape index (κ1) is 25.2. The van der Waals surface area contributed by atoms with Crippen molar-refractivity contribution >= 4 is 0 Å². The first-order valence-corrected chi connectivity index (χ1v) is 12.3. The molecule has 186 valence electrons. The summed E-state index contributed by atoms with van der Waals surface area (Å²) in [4.78, 5) is 0. The summed E-state index contributed by atoms with van der Waals surface area (Å²) >= 11 is 0. The molecule has 1 aliphatic rings. The van der Waals surface area contributed by atoms with Crippen LogP contribution in [0.2, 0.25) is 0 Å². The maximum atomic E-state index is 14.6. The third-order valence-corrected chi connectivity index (χ3v) is 7.00. The highest BCUT2D eigenvalue weighted by molar-refractivity contribution is 5.71. The standard InChI is InChI=1S/C29H29F5O/c1-2-3-18-4-6-19(7-5-18)8-9-20-10-12-21(13-11-20)23-14-15-24(30)28(34)29(23)35-22-16-25(31)27(33)26(32)17-22/h10-19H,2-9H2,1H3. The summed E-state index contributed by atoms with van der Waals surface area (Å²) in [5, 5.41) is 0. The fraction of sp³-hybridized carbons (Fsp3) is 0.379. The van der Waals surface area contributed by atoms with Crippen LogP contribution in [0.25, 0.3) is 11.1 Å². The SMILES string of the molecule is CCCC1CCC(CCc2ccc(-c3ccc(F)c(F)c3Oc3cc(F)c(F)c(F)c3)cc2)CC1. The lowest BCUT2D eigenvalue weighted by Gasteiger charge is -2.28. The normalized spacial score (nSPS) is 18.0. The van der Waals surface area contributed by atoms with Crippen LogP contribution in [-0.4, -0.2) is 0 Å². The minimum atomic E-state index is -1.66. The smallest absolute Gasteiger partial charge is 0.201 e. The second-order valence-corrected chi connectivity index (χ2v) is 9.45. The number of ether oxygens (including phenoxy) is 1. The Labute approximate surface area is 202 Å². The van der Waals surface area contributed by atoms with Gasteiger partial charge in [0.2, 0.25) is 5.82 Å². The summed E-state index contributed by atoms with van der Waals surface area (Å²) in [6.07, 6.45) is 9.85. The van der Waals surface area contributed by atoms with Crippen LogP contribution in [0.4, 0.5) is 22.0 Å². The molecule has 0 amide bonds.